The van der Waals surface area contributed by atoms with Gasteiger partial charge in [0, 0.05) is 6.54 Å². The highest BCUT2D eigenvalue weighted by Gasteiger charge is 2.17. The number of carbonyl (C=O) groups is 1. The minimum atomic E-state index is -3.99. The maximum absolute atomic E-state index is 13.0. The molecular formula is C12H15F2NO4S. The smallest absolute Gasteiger partial charge is 0.307 e. The van der Waals surface area contributed by atoms with Gasteiger partial charge in [0.15, 0.2) is 11.6 Å². The minimum Gasteiger partial charge on any atom is -0.463 e. The Morgan fingerprint density at radius 2 is 1.95 bits per heavy atom. The van der Waals surface area contributed by atoms with E-state index < -0.39 is 32.5 Å². The molecule has 5 nitrogen and oxygen atoms in total. The molecule has 20 heavy (non-hydrogen) atoms. The van der Waals surface area contributed by atoms with E-state index in [9.17, 15) is 22.0 Å². The number of benzene rings is 1. The van der Waals surface area contributed by atoms with Crippen molar-refractivity contribution in [2.24, 2.45) is 0 Å². The van der Waals surface area contributed by atoms with E-state index in [0.717, 1.165) is 12.1 Å². The summed E-state index contributed by atoms with van der Waals surface area (Å²) < 4.78 is 56.1. The predicted molar refractivity (Wildman–Crippen MR) is 67.4 cm³/mol. The molecule has 8 heteroatoms. The number of halogens is 2. The summed E-state index contributed by atoms with van der Waals surface area (Å²) in [5, 5.41) is 0. The van der Waals surface area contributed by atoms with Crippen molar-refractivity contribution in [2.75, 3.05) is 6.54 Å². The van der Waals surface area contributed by atoms with Crippen LogP contribution in [0.1, 0.15) is 20.3 Å². The molecule has 0 aromatic heterocycles. The Morgan fingerprint density at radius 1 is 1.30 bits per heavy atom. The lowest BCUT2D eigenvalue weighted by molar-refractivity contribution is -0.147. The summed E-state index contributed by atoms with van der Waals surface area (Å²) in [6.07, 6.45) is -0.438. The Balaban J connectivity index is 2.62. The van der Waals surface area contributed by atoms with Gasteiger partial charge in [-0.25, -0.2) is 21.9 Å². The SMILES string of the molecule is CC(C)OC(=O)CCNS(=O)(=O)c1ccc(F)c(F)c1. The number of sulfonamides is 1. The fourth-order valence-corrected chi connectivity index (χ4v) is 2.38. The van der Waals surface area contributed by atoms with Crippen LogP contribution >= 0.6 is 0 Å². The Kier molecular flexibility index (Phi) is 5.58. The predicted octanol–water partition coefficient (Wildman–Crippen LogP) is 1.58. The highest BCUT2D eigenvalue weighted by molar-refractivity contribution is 7.89. The normalized spacial score (nSPS) is 11.7. The summed E-state index contributed by atoms with van der Waals surface area (Å²) in [6.45, 7) is 3.15. The van der Waals surface area contributed by atoms with E-state index in [4.69, 9.17) is 4.74 Å². The fraction of sp³-hybridized carbons (Fsp3) is 0.417. The van der Waals surface area contributed by atoms with Crippen molar-refractivity contribution in [3.8, 4) is 0 Å². The van der Waals surface area contributed by atoms with Gasteiger partial charge in [-0.3, -0.25) is 4.79 Å². The van der Waals surface area contributed by atoms with E-state index in [1.54, 1.807) is 13.8 Å². The summed E-state index contributed by atoms with van der Waals surface area (Å²) in [5.74, 6) is -2.94. The molecule has 1 N–H and O–H groups in total. The number of nitrogens with one attached hydrogen (secondary N) is 1. The number of ether oxygens (including phenoxy) is 1. The second kappa shape index (κ2) is 6.76. The third kappa shape index (κ3) is 4.86. The van der Waals surface area contributed by atoms with Crippen LogP contribution in [0.5, 0.6) is 0 Å². The zero-order chi connectivity index (χ0) is 15.3. The molecule has 0 atom stereocenters. The molecule has 1 aromatic carbocycles. The number of rotatable bonds is 6. The van der Waals surface area contributed by atoms with Crippen LogP contribution in [-0.2, 0) is 19.6 Å². The van der Waals surface area contributed by atoms with Crippen LogP contribution in [-0.4, -0.2) is 27.0 Å². The third-order valence-corrected chi connectivity index (χ3v) is 3.65. The van der Waals surface area contributed by atoms with E-state index >= 15 is 0 Å². The summed E-state index contributed by atoms with van der Waals surface area (Å²) in [7, 11) is -3.99. The molecule has 0 aliphatic rings. The number of hydrogen-bond acceptors (Lipinski definition) is 4. The van der Waals surface area contributed by atoms with E-state index in [2.05, 4.69) is 4.72 Å². The minimum absolute atomic E-state index is 0.152. The van der Waals surface area contributed by atoms with Crippen molar-refractivity contribution in [1.82, 2.24) is 4.72 Å². The van der Waals surface area contributed by atoms with Gasteiger partial charge < -0.3 is 4.74 Å². The summed E-state index contributed by atoms with van der Waals surface area (Å²) in [5.41, 5.74) is 0. The molecule has 0 fully saturated rings. The van der Waals surface area contributed by atoms with Crippen molar-refractivity contribution in [2.45, 2.75) is 31.3 Å². The topological polar surface area (TPSA) is 72.5 Å². The second-order valence-electron chi connectivity index (χ2n) is 4.26. The van der Waals surface area contributed by atoms with Crippen LogP contribution in [0.15, 0.2) is 23.1 Å². The molecule has 0 unspecified atom stereocenters. The monoisotopic (exact) mass is 307 g/mol. The van der Waals surface area contributed by atoms with Gasteiger partial charge in [0.05, 0.1) is 17.4 Å². The molecule has 0 bridgehead atoms. The molecule has 1 aromatic rings. The van der Waals surface area contributed by atoms with Gasteiger partial charge in [0.25, 0.3) is 0 Å². The quantitative estimate of drug-likeness (QED) is 0.810. The summed E-state index contributed by atoms with van der Waals surface area (Å²) >= 11 is 0. The largest absolute Gasteiger partial charge is 0.463 e. The molecule has 0 aliphatic heterocycles. The van der Waals surface area contributed by atoms with E-state index in [-0.39, 0.29) is 19.1 Å². The number of hydrogen-bond donors (Lipinski definition) is 1. The van der Waals surface area contributed by atoms with Crippen LogP contribution in [0.2, 0.25) is 0 Å². The zero-order valence-corrected chi connectivity index (χ0v) is 11.8. The zero-order valence-electron chi connectivity index (χ0n) is 11.0. The van der Waals surface area contributed by atoms with Crippen molar-refractivity contribution >= 4 is 16.0 Å². The van der Waals surface area contributed by atoms with Gasteiger partial charge in [0.1, 0.15) is 0 Å². The summed E-state index contributed by atoms with van der Waals surface area (Å²) in [4.78, 5) is 10.8. The van der Waals surface area contributed by atoms with Crippen LogP contribution in [0.4, 0.5) is 8.78 Å². The molecule has 112 valence electrons. The summed E-state index contributed by atoms with van der Waals surface area (Å²) in [6, 6.07) is 2.23. The average molecular weight is 307 g/mol. The first kappa shape index (κ1) is 16.5. The highest BCUT2D eigenvalue weighted by Crippen LogP contribution is 2.13. The molecule has 0 saturated carbocycles. The van der Waals surface area contributed by atoms with Gasteiger partial charge in [-0.15, -0.1) is 0 Å². The lowest BCUT2D eigenvalue weighted by Gasteiger charge is -2.09. The van der Waals surface area contributed by atoms with Crippen LogP contribution in [0.25, 0.3) is 0 Å². The molecule has 0 amide bonds. The molecule has 0 radical (unpaired) electrons. The maximum atomic E-state index is 13.0. The molecule has 0 heterocycles. The molecule has 1 rings (SSSR count). The van der Waals surface area contributed by atoms with Gasteiger partial charge in [-0.1, -0.05) is 0 Å². The Labute approximate surface area is 116 Å². The average Bonchev–Trinajstić information content (AvgIpc) is 2.31. The van der Waals surface area contributed by atoms with E-state index in [1.807, 2.05) is 0 Å². The number of esters is 1. The lowest BCUT2D eigenvalue weighted by atomic mass is 10.3. The Hall–Kier alpha value is -1.54. The highest BCUT2D eigenvalue weighted by atomic mass is 32.2. The first-order chi connectivity index (χ1) is 9.22. The Morgan fingerprint density at radius 3 is 2.50 bits per heavy atom. The third-order valence-electron chi connectivity index (χ3n) is 2.19. The molecular weight excluding hydrogens is 292 g/mol. The first-order valence-corrected chi connectivity index (χ1v) is 7.35. The van der Waals surface area contributed by atoms with Crippen LogP contribution in [0, 0.1) is 11.6 Å². The van der Waals surface area contributed by atoms with Crippen molar-refractivity contribution in [3.05, 3.63) is 29.8 Å². The number of carbonyl (C=O) groups excluding carboxylic acids is 1. The van der Waals surface area contributed by atoms with Gasteiger partial charge >= 0.3 is 5.97 Å². The van der Waals surface area contributed by atoms with Crippen LogP contribution in [0.3, 0.4) is 0 Å². The standard InChI is InChI=1S/C12H15F2NO4S/c1-8(2)19-12(16)5-6-15-20(17,18)9-3-4-10(13)11(14)7-9/h3-4,7-8,15H,5-6H2,1-2H3. The van der Waals surface area contributed by atoms with Crippen molar-refractivity contribution in [3.63, 3.8) is 0 Å². The first-order valence-electron chi connectivity index (χ1n) is 5.86. The van der Waals surface area contributed by atoms with Crippen molar-refractivity contribution < 1.29 is 26.7 Å². The van der Waals surface area contributed by atoms with Crippen molar-refractivity contribution in [1.29, 1.82) is 0 Å². The maximum Gasteiger partial charge on any atom is 0.307 e. The van der Waals surface area contributed by atoms with E-state index in [1.165, 1.54) is 0 Å². The fourth-order valence-electron chi connectivity index (χ4n) is 1.34. The Bertz CT molecular complexity index is 587. The molecule has 0 saturated heterocycles. The van der Waals surface area contributed by atoms with Crippen LogP contribution < -0.4 is 4.72 Å². The van der Waals surface area contributed by atoms with Gasteiger partial charge in [0.2, 0.25) is 10.0 Å². The van der Waals surface area contributed by atoms with E-state index in [0.29, 0.717) is 6.07 Å². The van der Waals surface area contributed by atoms with Gasteiger partial charge in [-0.05, 0) is 32.0 Å². The second-order valence-corrected chi connectivity index (χ2v) is 6.03. The molecule has 0 aliphatic carbocycles. The van der Waals surface area contributed by atoms with Gasteiger partial charge in [-0.2, -0.15) is 0 Å². The molecule has 0 spiro atoms. The lowest BCUT2D eigenvalue weighted by Crippen LogP contribution is -2.27.